The second kappa shape index (κ2) is 8.74. The van der Waals surface area contributed by atoms with Gasteiger partial charge < -0.3 is 18.2 Å². The molecule has 0 aliphatic rings. The molecule has 0 aliphatic carbocycles. The molecular weight excluding hydrogens is 148 g/mol. The van der Waals surface area contributed by atoms with Crippen LogP contribution in [0.15, 0.2) is 12.3 Å². The summed E-state index contributed by atoms with van der Waals surface area (Å²) >= 11 is 0. The van der Waals surface area contributed by atoms with E-state index in [-0.39, 0.29) is 38.0 Å². The molecule has 0 saturated carbocycles. The first-order chi connectivity index (χ1) is 3.68. The molecule has 0 rings (SSSR count). The Morgan fingerprint density at radius 2 is 2.20 bits per heavy atom. The van der Waals surface area contributed by atoms with Crippen LogP contribution >= 0.6 is 0 Å². The maximum Gasteiger partial charge on any atom is 2.00 e. The van der Waals surface area contributed by atoms with Gasteiger partial charge in [-0.05, 0) is 13.5 Å². The van der Waals surface area contributed by atoms with Crippen molar-refractivity contribution in [2.45, 2.75) is 6.92 Å². The van der Waals surface area contributed by atoms with Gasteiger partial charge in [-0.1, -0.05) is 0 Å². The number of ether oxygens (including phenoxy) is 1. The SMILES string of the molecule is C=C(O)C(=O)OCC.O.[H-].[H-].[Mg+2]. The van der Waals surface area contributed by atoms with Crippen molar-refractivity contribution >= 4 is 29.0 Å². The minimum Gasteiger partial charge on any atom is -1.00 e. The fraction of sp³-hybridized carbons (Fsp3) is 0.400. The predicted molar refractivity (Wildman–Crippen MR) is 40.0 cm³/mol. The van der Waals surface area contributed by atoms with Gasteiger partial charge in [0.15, 0.2) is 5.76 Å². The Morgan fingerprint density at radius 1 is 1.80 bits per heavy atom. The van der Waals surface area contributed by atoms with E-state index in [9.17, 15) is 4.79 Å². The zero-order chi connectivity index (χ0) is 6.57. The van der Waals surface area contributed by atoms with E-state index < -0.39 is 11.7 Å². The van der Waals surface area contributed by atoms with Crippen molar-refractivity contribution in [2.24, 2.45) is 0 Å². The van der Waals surface area contributed by atoms with Crippen LogP contribution in [0.4, 0.5) is 0 Å². The maximum absolute atomic E-state index is 10.2. The number of esters is 1. The molecule has 0 fully saturated rings. The Morgan fingerprint density at radius 3 is 2.30 bits per heavy atom. The van der Waals surface area contributed by atoms with Gasteiger partial charge in [-0.2, -0.15) is 0 Å². The van der Waals surface area contributed by atoms with Crippen LogP contribution in [-0.2, 0) is 9.53 Å². The number of aliphatic hydroxyl groups is 1. The first-order valence-corrected chi connectivity index (χ1v) is 2.23. The van der Waals surface area contributed by atoms with Gasteiger partial charge in [-0.3, -0.25) is 0 Å². The van der Waals surface area contributed by atoms with Gasteiger partial charge in [0, 0.05) is 0 Å². The van der Waals surface area contributed by atoms with Gasteiger partial charge in [0.05, 0.1) is 6.61 Å². The number of hydrogen-bond donors (Lipinski definition) is 1. The normalized spacial score (nSPS) is 6.50. The van der Waals surface area contributed by atoms with Crippen LogP contribution < -0.4 is 0 Å². The Hall–Kier alpha value is -0.264. The Balaban J connectivity index is -0.0000000408. The smallest absolute Gasteiger partial charge is 1.00 e. The molecule has 0 saturated heterocycles. The fourth-order valence-corrected chi connectivity index (χ4v) is 0.214. The van der Waals surface area contributed by atoms with Crippen LogP contribution in [0, 0.1) is 0 Å². The summed E-state index contributed by atoms with van der Waals surface area (Å²) in [5.41, 5.74) is 0. The average molecular weight is 160 g/mol. The first-order valence-electron chi connectivity index (χ1n) is 2.23. The molecule has 0 radical (unpaired) electrons. The van der Waals surface area contributed by atoms with Crippen molar-refractivity contribution in [3.05, 3.63) is 12.3 Å². The summed E-state index contributed by atoms with van der Waals surface area (Å²) in [7, 11) is 0. The zero-order valence-electron chi connectivity index (χ0n) is 7.89. The predicted octanol–water partition coefficient (Wildman–Crippen LogP) is -0.359. The van der Waals surface area contributed by atoms with Crippen molar-refractivity contribution in [1.82, 2.24) is 0 Å². The van der Waals surface area contributed by atoms with Crippen molar-refractivity contribution in [2.75, 3.05) is 6.61 Å². The summed E-state index contributed by atoms with van der Waals surface area (Å²) in [6, 6.07) is 0. The summed E-state index contributed by atoms with van der Waals surface area (Å²) in [6.07, 6.45) is 0. The van der Waals surface area contributed by atoms with Crippen LogP contribution in [0.5, 0.6) is 0 Å². The standard InChI is InChI=1S/C5H8O3.Mg.H2O.2H/c1-3-8-5(7)4(2)6;;;;/h6H,2-3H2,1H3;;1H2;;/q;+2;;2*-1. The van der Waals surface area contributed by atoms with Crippen LogP contribution in [0.3, 0.4) is 0 Å². The minimum atomic E-state index is -0.757. The molecule has 4 nitrogen and oxygen atoms in total. The topological polar surface area (TPSA) is 78.0 Å². The van der Waals surface area contributed by atoms with Crippen LogP contribution in [0.25, 0.3) is 0 Å². The molecule has 0 unspecified atom stereocenters. The molecule has 3 N–H and O–H groups in total. The van der Waals surface area contributed by atoms with E-state index in [0.717, 1.165) is 0 Å². The summed E-state index contributed by atoms with van der Waals surface area (Å²) in [6.45, 7) is 4.87. The summed E-state index contributed by atoms with van der Waals surface area (Å²) in [5, 5.41) is 8.28. The van der Waals surface area contributed by atoms with E-state index in [1.165, 1.54) is 0 Å². The number of hydrogen-bond acceptors (Lipinski definition) is 3. The molecule has 0 amide bonds. The quantitative estimate of drug-likeness (QED) is 0.259. The third-order valence-corrected chi connectivity index (χ3v) is 0.511. The first kappa shape index (κ1) is 16.4. The molecule has 0 aliphatic heterocycles. The van der Waals surface area contributed by atoms with E-state index >= 15 is 0 Å². The van der Waals surface area contributed by atoms with Gasteiger partial charge in [0.1, 0.15) is 0 Å². The van der Waals surface area contributed by atoms with Gasteiger partial charge in [-0.25, -0.2) is 4.79 Å². The number of carbonyl (C=O) groups excluding carboxylic acids is 1. The van der Waals surface area contributed by atoms with Crippen molar-refractivity contribution in [1.29, 1.82) is 0 Å². The molecular formula is C5H12MgO4. The molecule has 5 heteroatoms. The molecule has 0 aromatic carbocycles. The second-order valence-electron chi connectivity index (χ2n) is 1.17. The summed E-state index contributed by atoms with van der Waals surface area (Å²) in [4.78, 5) is 10.2. The largest absolute Gasteiger partial charge is 2.00 e. The molecule has 10 heavy (non-hydrogen) atoms. The third-order valence-electron chi connectivity index (χ3n) is 0.511. The Kier molecular flexibility index (Phi) is 14.3. The van der Waals surface area contributed by atoms with E-state index in [2.05, 4.69) is 11.3 Å². The van der Waals surface area contributed by atoms with E-state index in [0.29, 0.717) is 0 Å². The van der Waals surface area contributed by atoms with Crippen LogP contribution in [0.1, 0.15) is 9.78 Å². The second-order valence-corrected chi connectivity index (χ2v) is 1.17. The molecule has 58 valence electrons. The number of carbonyl (C=O) groups is 1. The van der Waals surface area contributed by atoms with E-state index in [1.807, 2.05) is 0 Å². The summed E-state index contributed by atoms with van der Waals surface area (Å²) in [5.74, 6) is -1.31. The van der Waals surface area contributed by atoms with Gasteiger partial charge in [0.25, 0.3) is 0 Å². The number of rotatable bonds is 2. The molecule has 0 bridgehead atoms. The Bertz CT molecular complexity index is 120. The third kappa shape index (κ3) is 7.74. The van der Waals surface area contributed by atoms with E-state index in [1.54, 1.807) is 6.92 Å². The van der Waals surface area contributed by atoms with Crippen molar-refractivity contribution < 1.29 is 23.0 Å². The monoisotopic (exact) mass is 160 g/mol. The van der Waals surface area contributed by atoms with Crippen molar-refractivity contribution in [3.8, 4) is 0 Å². The van der Waals surface area contributed by atoms with Gasteiger partial charge >= 0.3 is 29.0 Å². The van der Waals surface area contributed by atoms with Crippen LogP contribution in [-0.4, -0.2) is 46.2 Å². The fourth-order valence-electron chi connectivity index (χ4n) is 0.214. The molecule has 0 spiro atoms. The van der Waals surface area contributed by atoms with Crippen molar-refractivity contribution in [3.63, 3.8) is 0 Å². The van der Waals surface area contributed by atoms with Crippen LogP contribution in [0.2, 0.25) is 0 Å². The molecule has 0 aromatic heterocycles. The molecule has 0 heterocycles. The maximum atomic E-state index is 10.2. The summed E-state index contributed by atoms with van der Waals surface area (Å²) < 4.78 is 4.31. The molecule has 0 aromatic rings. The van der Waals surface area contributed by atoms with Gasteiger partial charge in [0.2, 0.25) is 0 Å². The average Bonchev–Trinajstić information content (AvgIpc) is 1.67. The zero-order valence-corrected chi connectivity index (χ0v) is 7.30. The van der Waals surface area contributed by atoms with E-state index in [4.69, 9.17) is 5.11 Å². The molecule has 0 atom stereocenters. The van der Waals surface area contributed by atoms with Gasteiger partial charge in [-0.15, -0.1) is 0 Å². The number of aliphatic hydroxyl groups excluding tert-OH is 1. The Labute approximate surface area is 78.3 Å². The minimum absolute atomic E-state index is 0.